The number of hydrogen-bond donors (Lipinski definition) is 5. The Balaban J connectivity index is 4.82. The standard InChI is InChI=1S/C73H127N11O17/c1-28-33-34-46(16)59(85)58-63(89)76-50(30-3)65(91)80(23)54(39-49(71(97)99-31-4)72(98)100-32-5)67(93)82(25)55(40-73(19,20)101-35-29-2)62(88)77-56(44(12)13)69(95)78(21)51(36-41(6)7)61(87)74-47(17)60(86)75-48(18)64(90)79(22)52(37-42(8)9)66(92)81(24)53(38-43(10)11)68(94)83(26)57(45(14)15)70(96)84(58)27/h28-29,33,41-59,85H,2,30-32,34-40H2,1,3-27H3,(H,74,87)(H,75,86)(H,76,89)(H,77,88)/t46-,47+,48-,50+,51+,52+,53+,54?,55+,56+,57+,58+,59-/m1/s1. The molecule has 11 amide bonds. The number of esters is 2. The monoisotopic (exact) mass is 1430 g/mol. The van der Waals surface area contributed by atoms with E-state index < -0.39 is 185 Å². The van der Waals surface area contributed by atoms with Crippen molar-refractivity contribution in [1.82, 2.24) is 55.6 Å². The van der Waals surface area contributed by atoms with E-state index in [1.54, 1.807) is 74.5 Å². The Morgan fingerprint density at radius 3 is 1.37 bits per heavy atom. The first-order chi connectivity index (χ1) is 46.8. The number of aliphatic hydroxyl groups excluding tert-OH is 1. The lowest BCUT2D eigenvalue weighted by molar-refractivity contribution is -0.164. The van der Waals surface area contributed by atoms with Crippen molar-refractivity contribution < 1.29 is 81.6 Å². The molecule has 0 spiro atoms. The number of amides is 11. The van der Waals surface area contributed by atoms with Crippen LogP contribution in [-0.2, 0) is 76.5 Å². The van der Waals surface area contributed by atoms with Crippen LogP contribution in [0.2, 0.25) is 0 Å². The fourth-order valence-corrected chi connectivity index (χ4v) is 12.4. The van der Waals surface area contributed by atoms with Crippen molar-refractivity contribution in [3.63, 3.8) is 0 Å². The normalized spacial score (nSPS) is 25.3. The van der Waals surface area contributed by atoms with E-state index >= 15 is 38.4 Å². The van der Waals surface area contributed by atoms with Gasteiger partial charge in [-0.25, -0.2) is 0 Å². The molecule has 576 valence electrons. The molecule has 1 heterocycles. The van der Waals surface area contributed by atoms with Crippen LogP contribution in [0.4, 0.5) is 0 Å². The number of nitrogens with zero attached hydrogens (tertiary/aromatic N) is 7. The van der Waals surface area contributed by atoms with Crippen LogP contribution in [0, 0.1) is 41.4 Å². The summed E-state index contributed by atoms with van der Waals surface area (Å²) in [5, 5.41) is 23.3. The van der Waals surface area contributed by atoms with E-state index in [2.05, 4.69) is 27.8 Å². The highest BCUT2D eigenvalue weighted by Crippen LogP contribution is 2.28. The third kappa shape index (κ3) is 26.1. The van der Waals surface area contributed by atoms with Crippen molar-refractivity contribution in [3.8, 4) is 0 Å². The Bertz CT molecular complexity index is 2850. The van der Waals surface area contributed by atoms with Crippen molar-refractivity contribution in [3.05, 3.63) is 24.8 Å². The van der Waals surface area contributed by atoms with Crippen LogP contribution in [0.3, 0.4) is 0 Å². The molecule has 5 N–H and O–H groups in total. The number of nitrogens with one attached hydrogen (secondary N) is 4. The molecule has 1 aliphatic heterocycles. The van der Waals surface area contributed by atoms with Crippen LogP contribution in [0.15, 0.2) is 24.8 Å². The fourth-order valence-electron chi connectivity index (χ4n) is 12.4. The number of carbonyl (C=O) groups is 13. The first-order valence-corrected chi connectivity index (χ1v) is 35.7. The molecule has 28 nitrogen and oxygen atoms in total. The topological polar surface area (TPSA) is 341 Å². The molecule has 0 radical (unpaired) electrons. The Morgan fingerprint density at radius 2 is 0.921 bits per heavy atom. The minimum atomic E-state index is -1.86. The number of rotatable bonds is 24. The van der Waals surface area contributed by atoms with Crippen molar-refractivity contribution >= 4 is 76.9 Å². The van der Waals surface area contributed by atoms with E-state index in [4.69, 9.17) is 14.2 Å². The van der Waals surface area contributed by atoms with E-state index in [0.29, 0.717) is 0 Å². The van der Waals surface area contributed by atoms with Crippen LogP contribution in [0.1, 0.15) is 176 Å². The van der Waals surface area contributed by atoms with Crippen LogP contribution in [0.25, 0.3) is 0 Å². The summed E-state index contributed by atoms with van der Waals surface area (Å²) in [6.07, 6.45) is 2.53. The molecule has 1 fully saturated rings. The summed E-state index contributed by atoms with van der Waals surface area (Å²) in [6.45, 7) is 35.1. The summed E-state index contributed by atoms with van der Waals surface area (Å²) in [4.78, 5) is 202. The first kappa shape index (κ1) is 91.5. The summed E-state index contributed by atoms with van der Waals surface area (Å²) < 4.78 is 16.8. The van der Waals surface area contributed by atoms with Crippen LogP contribution in [0.5, 0.6) is 0 Å². The van der Waals surface area contributed by atoms with Gasteiger partial charge in [-0.2, -0.15) is 0 Å². The molecule has 1 rings (SSSR count). The van der Waals surface area contributed by atoms with Gasteiger partial charge in [0.2, 0.25) is 65.0 Å². The number of allylic oxidation sites excluding steroid dienone is 2. The fraction of sp³-hybridized carbons (Fsp3) is 0.767. The van der Waals surface area contributed by atoms with Gasteiger partial charge in [0.25, 0.3) is 0 Å². The van der Waals surface area contributed by atoms with Gasteiger partial charge in [0.15, 0.2) is 5.92 Å². The maximum atomic E-state index is 15.8. The molecule has 28 heteroatoms. The van der Waals surface area contributed by atoms with Crippen LogP contribution >= 0.6 is 0 Å². The molecule has 0 aromatic carbocycles. The largest absolute Gasteiger partial charge is 0.465 e. The molecule has 101 heavy (non-hydrogen) atoms. The highest BCUT2D eigenvalue weighted by molar-refractivity contribution is 6.01. The predicted molar refractivity (Wildman–Crippen MR) is 384 cm³/mol. The molecular weight excluding hydrogens is 1300 g/mol. The molecule has 1 saturated heterocycles. The van der Waals surface area contributed by atoms with Crippen LogP contribution in [-0.4, -0.2) is 264 Å². The third-order valence-corrected chi connectivity index (χ3v) is 18.6. The molecule has 0 aliphatic carbocycles. The maximum absolute atomic E-state index is 15.8. The second-order valence-electron chi connectivity index (χ2n) is 29.5. The van der Waals surface area contributed by atoms with E-state index in [-0.39, 0.29) is 76.1 Å². The van der Waals surface area contributed by atoms with Gasteiger partial charge in [-0.15, -0.1) is 6.58 Å². The van der Waals surface area contributed by atoms with E-state index in [1.165, 1.54) is 97.8 Å². The molecule has 0 saturated carbocycles. The van der Waals surface area contributed by atoms with Crippen molar-refractivity contribution in [2.45, 2.75) is 255 Å². The lowest BCUT2D eigenvalue weighted by atomic mass is 9.91. The Kier molecular flexibility index (Phi) is 38.2. The summed E-state index contributed by atoms with van der Waals surface area (Å²) in [7, 11) is 9.35. The van der Waals surface area contributed by atoms with E-state index in [9.17, 15) is 29.1 Å². The number of likely N-dealkylation sites (N-methyl/N-ethyl adjacent to an activating group) is 7. The number of ether oxygens (including phenoxy) is 3. The first-order valence-electron chi connectivity index (χ1n) is 35.7. The van der Waals surface area contributed by atoms with Gasteiger partial charge in [0.05, 0.1) is 31.5 Å². The summed E-state index contributed by atoms with van der Waals surface area (Å²) in [5.41, 5.74) is -1.26. The minimum Gasteiger partial charge on any atom is -0.465 e. The van der Waals surface area contributed by atoms with Gasteiger partial charge in [-0.3, -0.25) is 62.3 Å². The van der Waals surface area contributed by atoms with Gasteiger partial charge < -0.3 is 74.9 Å². The molecule has 13 atom stereocenters. The lowest BCUT2D eigenvalue weighted by Gasteiger charge is -2.42. The van der Waals surface area contributed by atoms with Gasteiger partial charge in [-0.05, 0) is 116 Å². The van der Waals surface area contributed by atoms with Gasteiger partial charge >= 0.3 is 11.9 Å². The predicted octanol–water partition coefficient (Wildman–Crippen LogP) is 4.10. The molecule has 0 bridgehead atoms. The van der Waals surface area contributed by atoms with Crippen LogP contribution < -0.4 is 21.3 Å². The molecule has 0 aromatic heterocycles. The number of hydrogen-bond acceptors (Lipinski definition) is 17. The Hall–Kier alpha value is -7.49. The number of carbonyl (C=O) groups excluding carboxylic acids is 13. The zero-order valence-corrected chi connectivity index (χ0v) is 65.6. The molecule has 0 aromatic rings. The highest BCUT2D eigenvalue weighted by Gasteiger charge is 2.48. The van der Waals surface area contributed by atoms with Crippen molar-refractivity contribution in [2.24, 2.45) is 41.4 Å². The maximum Gasteiger partial charge on any atom is 0.320 e. The second kappa shape index (κ2) is 42.2. The minimum absolute atomic E-state index is 0.0149. The summed E-state index contributed by atoms with van der Waals surface area (Å²) >= 11 is 0. The highest BCUT2D eigenvalue weighted by atomic mass is 16.6. The van der Waals surface area contributed by atoms with Gasteiger partial charge in [0, 0.05) is 62.2 Å². The average molecular weight is 1430 g/mol. The zero-order valence-electron chi connectivity index (χ0n) is 65.6. The third-order valence-electron chi connectivity index (χ3n) is 18.6. The molecular formula is C73H127N11O17. The SMILES string of the molecule is C=CCOC(C)(C)C[C@H]1C(=O)N[C@@H](C(C)C)C(=O)N(C)[C@@H](CC(C)C)C(=O)N[C@@H](C)C(=O)N[C@H](C)C(=O)N(C)[C@@H](CC(C)C)C(=O)N(C)[C@@H](CC(C)C)C(=O)N(C)[C@@H](C(C)C)C(=O)N(C)[C@@H]([C@H](O)[C@H](C)CC=CC)C(=O)N[C@@H](CC)C(=O)N(C)C(CC(C(=O)OCC)C(=O)OCC)C(=O)N1C. The van der Waals surface area contributed by atoms with Crippen molar-refractivity contribution in [2.75, 3.05) is 69.2 Å². The summed E-state index contributed by atoms with van der Waals surface area (Å²) in [6, 6.07) is -15.8. The van der Waals surface area contributed by atoms with Crippen molar-refractivity contribution in [1.29, 1.82) is 0 Å². The van der Waals surface area contributed by atoms with E-state index in [1.807, 2.05) is 41.5 Å². The van der Waals surface area contributed by atoms with Gasteiger partial charge in [0.1, 0.15) is 66.5 Å². The van der Waals surface area contributed by atoms with Gasteiger partial charge in [-0.1, -0.05) is 101 Å². The Labute approximate surface area is 601 Å². The zero-order chi connectivity index (χ0) is 78.2. The smallest absolute Gasteiger partial charge is 0.320 e. The Morgan fingerprint density at radius 1 is 0.505 bits per heavy atom. The lowest BCUT2D eigenvalue weighted by Crippen LogP contribution is -2.64. The van der Waals surface area contributed by atoms with E-state index in [0.717, 1.165) is 19.6 Å². The summed E-state index contributed by atoms with van der Waals surface area (Å²) in [5.74, 6) is -15.8. The molecule has 1 aliphatic rings. The average Bonchev–Trinajstić information content (AvgIpc) is 0.808. The number of aliphatic hydroxyl groups is 1. The molecule has 1 unspecified atom stereocenters. The quantitative estimate of drug-likeness (QED) is 0.0516. The second-order valence-corrected chi connectivity index (χ2v) is 29.5.